The molecule has 2 N–H and O–H groups in total. The van der Waals surface area contributed by atoms with Gasteiger partial charge in [0.15, 0.2) is 18.2 Å². The largest absolute Gasteiger partial charge is 0.334 e. The molecular formula is C21H23F2N2O+. The number of hydrogen-bond acceptors (Lipinski definition) is 1. The van der Waals surface area contributed by atoms with Gasteiger partial charge in [0, 0.05) is 18.7 Å². The number of nitrogens with two attached hydrogens (primary N) is 1. The zero-order valence-electron chi connectivity index (χ0n) is 14.8. The first-order chi connectivity index (χ1) is 12.5. The highest BCUT2D eigenvalue weighted by Crippen LogP contribution is 2.21. The van der Waals surface area contributed by atoms with Crippen LogP contribution in [0.5, 0.6) is 0 Å². The molecule has 5 heteroatoms. The molecule has 2 aromatic rings. The standard InChI is InChI=1S/C21H22F2N2O/c1-15(18-7-8-19(22)20(23)13-18)24-14-21(26)25-11-9-17(10-12-25)16-5-3-2-4-6-16/h2-9,13,15,24H,10-12,14H2,1H3/p+1/t15-/m0/s1. The van der Waals surface area contributed by atoms with Crippen LogP contribution in [0.15, 0.2) is 54.6 Å². The molecule has 0 saturated carbocycles. The van der Waals surface area contributed by atoms with Gasteiger partial charge in [-0.05, 0) is 42.7 Å². The lowest BCUT2D eigenvalue weighted by Gasteiger charge is -2.26. The quantitative estimate of drug-likeness (QED) is 0.878. The van der Waals surface area contributed by atoms with E-state index in [0.717, 1.165) is 12.5 Å². The number of benzene rings is 2. The van der Waals surface area contributed by atoms with E-state index in [4.69, 9.17) is 0 Å². The third kappa shape index (κ3) is 4.35. The zero-order chi connectivity index (χ0) is 18.5. The molecule has 2 aromatic carbocycles. The van der Waals surface area contributed by atoms with E-state index < -0.39 is 11.6 Å². The van der Waals surface area contributed by atoms with E-state index in [2.05, 4.69) is 18.2 Å². The molecule has 0 bridgehead atoms. The summed E-state index contributed by atoms with van der Waals surface area (Å²) in [6.07, 6.45) is 2.95. The molecule has 0 radical (unpaired) electrons. The van der Waals surface area contributed by atoms with E-state index in [9.17, 15) is 13.6 Å². The van der Waals surface area contributed by atoms with Crippen LogP contribution in [0.1, 0.15) is 30.5 Å². The first-order valence-electron chi connectivity index (χ1n) is 8.85. The fourth-order valence-electron chi connectivity index (χ4n) is 3.15. The van der Waals surface area contributed by atoms with E-state index in [1.807, 2.05) is 35.3 Å². The Kier molecular flexibility index (Phi) is 5.78. The number of halogens is 2. The predicted molar refractivity (Wildman–Crippen MR) is 97.2 cm³/mol. The Bertz CT molecular complexity index is 805. The minimum Gasteiger partial charge on any atom is -0.334 e. The van der Waals surface area contributed by atoms with Crippen LogP contribution in [0.3, 0.4) is 0 Å². The molecule has 136 valence electrons. The Hall–Kier alpha value is -2.53. The number of carbonyl (C=O) groups excluding carboxylic acids is 1. The van der Waals surface area contributed by atoms with Crippen molar-refractivity contribution in [3.8, 4) is 0 Å². The SMILES string of the molecule is C[C@H]([NH2+]CC(=O)N1CC=C(c2ccccc2)CC1)c1ccc(F)c(F)c1. The topological polar surface area (TPSA) is 36.9 Å². The number of amides is 1. The monoisotopic (exact) mass is 357 g/mol. The molecule has 1 aliphatic rings. The Morgan fingerprint density at radius 2 is 1.92 bits per heavy atom. The average Bonchev–Trinajstić information content (AvgIpc) is 2.68. The number of hydrogen-bond donors (Lipinski definition) is 1. The Balaban J connectivity index is 1.53. The van der Waals surface area contributed by atoms with Gasteiger partial charge in [0.25, 0.3) is 5.91 Å². The Morgan fingerprint density at radius 1 is 1.15 bits per heavy atom. The van der Waals surface area contributed by atoms with Gasteiger partial charge < -0.3 is 10.2 Å². The predicted octanol–water partition coefficient (Wildman–Crippen LogP) is 2.91. The van der Waals surface area contributed by atoms with Crippen LogP contribution in [-0.4, -0.2) is 30.4 Å². The van der Waals surface area contributed by atoms with E-state index in [-0.39, 0.29) is 18.5 Å². The van der Waals surface area contributed by atoms with Gasteiger partial charge in [-0.15, -0.1) is 0 Å². The molecule has 0 aliphatic carbocycles. The van der Waals surface area contributed by atoms with Gasteiger partial charge in [-0.1, -0.05) is 36.4 Å². The van der Waals surface area contributed by atoms with E-state index in [1.165, 1.54) is 17.2 Å². The van der Waals surface area contributed by atoms with Crippen LogP contribution in [0.4, 0.5) is 8.78 Å². The van der Waals surface area contributed by atoms with Crippen molar-refractivity contribution in [2.75, 3.05) is 19.6 Å². The minimum absolute atomic E-state index is 0.0581. The van der Waals surface area contributed by atoms with Crippen molar-refractivity contribution in [3.05, 3.63) is 77.4 Å². The number of rotatable bonds is 5. The summed E-state index contributed by atoms with van der Waals surface area (Å²) in [4.78, 5) is 14.3. The lowest BCUT2D eigenvalue weighted by molar-refractivity contribution is -0.683. The van der Waals surface area contributed by atoms with E-state index in [0.29, 0.717) is 18.7 Å². The second-order valence-corrected chi connectivity index (χ2v) is 6.59. The molecule has 1 heterocycles. The fourth-order valence-corrected chi connectivity index (χ4v) is 3.15. The maximum absolute atomic E-state index is 13.3. The molecule has 0 saturated heterocycles. The maximum Gasteiger partial charge on any atom is 0.277 e. The first-order valence-corrected chi connectivity index (χ1v) is 8.85. The summed E-state index contributed by atoms with van der Waals surface area (Å²) < 4.78 is 26.4. The molecule has 0 spiro atoms. The first kappa shape index (κ1) is 18.3. The normalized spacial score (nSPS) is 15.5. The molecule has 0 aromatic heterocycles. The molecular weight excluding hydrogens is 334 g/mol. The molecule has 0 fully saturated rings. The molecule has 1 atom stereocenters. The van der Waals surface area contributed by atoms with Crippen molar-refractivity contribution >= 4 is 11.5 Å². The molecule has 1 amide bonds. The number of quaternary nitrogens is 1. The summed E-state index contributed by atoms with van der Waals surface area (Å²) in [5.41, 5.74) is 3.15. The number of carbonyl (C=O) groups is 1. The van der Waals surface area contributed by atoms with Gasteiger partial charge >= 0.3 is 0 Å². The fraction of sp³-hybridized carbons (Fsp3) is 0.286. The van der Waals surface area contributed by atoms with E-state index >= 15 is 0 Å². The van der Waals surface area contributed by atoms with Gasteiger partial charge in [-0.3, -0.25) is 4.79 Å². The van der Waals surface area contributed by atoms with Gasteiger partial charge in [-0.25, -0.2) is 8.78 Å². The van der Waals surface area contributed by atoms with Crippen LogP contribution in [0.2, 0.25) is 0 Å². The van der Waals surface area contributed by atoms with Crippen LogP contribution in [0, 0.1) is 11.6 Å². The minimum atomic E-state index is -0.858. The van der Waals surface area contributed by atoms with Gasteiger partial charge in [0.05, 0.1) is 0 Å². The van der Waals surface area contributed by atoms with Crippen molar-refractivity contribution in [2.45, 2.75) is 19.4 Å². The lowest BCUT2D eigenvalue weighted by atomic mass is 9.99. The highest BCUT2D eigenvalue weighted by Gasteiger charge is 2.20. The lowest BCUT2D eigenvalue weighted by Crippen LogP contribution is -2.87. The van der Waals surface area contributed by atoms with Crippen molar-refractivity contribution in [1.82, 2.24) is 4.90 Å². The maximum atomic E-state index is 13.3. The third-order valence-corrected chi connectivity index (χ3v) is 4.82. The third-order valence-electron chi connectivity index (χ3n) is 4.82. The van der Waals surface area contributed by atoms with Crippen LogP contribution in [-0.2, 0) is 4.79 Å². The van der Waals surface area contributed by atoms with Gasteiger partial charge in [-0.2, -0.15) is 0 Å². The summed E-state index contributed by atoms with van der Waals surface area (Å²) in [6.45, 7) is 3.47. The van der Waals surface area contributed by atoms with Gasteiger partial charge in [0.2, 0.25) is 0 Å². The van der Waals surface area contributed by atoms with Crippen molar-refractivity contribution in [2.24, 2.45) is 0 Å². The smallest absolute Gasteiger partial charge is 0.277 e. The van der Waals surface area contributed by atoms with Gasteiger partial charge in [0.1, 0.15) is 6.04 Å². The van der Waals surface area contributed by atoms with Crippen LogP contribution >= 0.6 is 0 Å². The van der Waals surface area contributed by atoms with Crippen molar-refractivity contribution < 1.29 is 18.9 Å². The van der Waals surface area contributed by atoms with E-state index in [1.54, 1.807) is 6.07 Å². The van der Waals surface area contributed by atoms with Crippen LogP contribution in [0.25, 0.3) is 5.57 Å². The molecule has 26 heavy (non-hydrogen) atoms. The molecule has 3 rings (SSSR count). The Labute approximate surface area is 152 Å². The average molecular weight is 357 g/mol. The zero-order valence-corrected chi connectivity index (χ0v) is 14.8. The summed E-state index contributed by atoms with van der Waals surface area (Å²) in [5.74, 6) is -1.65. The number of nitrogens with zero attached hydrogens (tertiary/aromatic N) is 1. The molecule has 1 aliphatic heterocycles. The highest BCUT2D eigenvalue weighted by atomic mass is 19.2. The summed E-state index contributed by atoms with van der Waals surface area (Å²) in [6, 6.07) is 13.9. The Morgan fingerprint density at radius 3 is 2.58 bits per heavy atom. The van der Waals surface area contributed by atoms with Crippen molar-refractivity contribution in [1.29, 1.82) is 0 Å². The summed E-state index contributed by atoms with van der Waals surface area (Å²) in [5, 5.41) is 1.85. The van der Waals surface area contributed by atoms with Crippen molar-refractivity contribution in [3.63, 3.8) is 0 Å². The summed E-state index contributed by atoms with van der Waals surface area (Å²) >= 11 is 0. The highest BCUT2D eigenvalue weighted by molar-refractivity contribution is 5.79. The van der Waals surface area contributed by atoms with Crippen LogP contribution < -0.4 is 5.32 Å². The summed E-state index contributed by atoms with van der Waals surface area (Å²) in [7, 11) is 0. The second-order valence-electron chi connectivity index (χ2n) is 6.59. The second kappa shape index (κ2) is 8.23. The molecule has 3 nitrogen and oxygen atoms in total. The molecule has 0 unspecified atom stereocenters.